The summed E-state index contributed by atoms with van der Waals surface area (Å²) in [4.78, 5) is 0. The van der Waals surface area contributed by atoms with E-state index in [0.717, 1.165) is 11.3 Å². The van der Waals surface area contributed by atoms with Crippen LogP contribution in [-0.2, 0) is 0 Å². The third-order valence-corrected chi connectivity index (χ3v) is 3.05. The maximum Gasteiger partial charge on any atom is 0.172 e. The van der Waals surface area contributed by atoms with E-state index < -0.39 is 0 Å². The molecule has 0 amide bonds. The molecule has 0 saturated heterocycles. The minimum atomic E-state index is 0.0697. The fourth-order valence-corrected chi connectivity index (χ4v) is 2.01. The van der Waals surface area contributed by atoms with E-state index in [1.807, 2.05) is 30.3 Å². The molecule has 0 aliphatic carbocycles. The molecule has 0 aliphatic heterocycles. The third kappa shape index (κ3) is 2.67. The number of aromatic amines is 1. The summed E-state index contributed by atoms with van der Waals surface area (Å²) < 4.78 is 10.9. The van der Waals surface area contributed by atoms with Crippen molar-refractivity contribution in [3.05, 3.63) is 54.7 Å². The zero-order valence-corrected chi connectivity index (χ0v) is 11.4. The third-order valence-electron chi connectivity index (χ3n) is 3.05. The molecule has 5 heteroatoms. The van der Waals surface area contributed by atoms with Gasteiger partial charge in [-0.2, -0.15) is 5.10 Å². The summed E-state index contributed by atoms with van der Waals surface area (Å²) in [6.07, 6.45) is 1.61. The normalized spacial score (nSPS) is 10.3. The van der Waals surface area contributed by atoms with Gasteiger partial charge in [-0.15, -0.1) is 0 Å². The van der Waals surface area contributed by atoms with Crippen LogP contribution < -0.4 is 9.47 Å². The standard InChI is InChI=1S/C16H14N2O3/c1-20-14-9-12(7-8-13(14)19)21-15-10-17-18-16(15)11-5-3-2-4-6-11/h2-10,19H,1H3,(H,17,18). The van der Waals surface area contributed by atoms with E-state index in [4.69, 9.17) is 9.47 Å². The molecule has 0 saturated carbocycles. The Morgan fingerprint density at radius 1 is 1.05 bits per heavy atom. The molecule has 0 bridgehead atoms. The molecule has 21 heavy (non-hydrogen) atoms. The van der Waals surface area contributed by atoms with Gasteiger partial charge in [0.25, 0.3) is 0 Å². The van der Waals surface area contributed by atoms with Crippen LogP contribution in [0.25, 0.3) is 11.3 Å². The highest BCUT2D eigenvalue weighted by Crippen LogP contribution is 2.35. The zero-order valence-electron chi connectivity index (χ0n) is 11.4. The van der Waals surface area contributed by atoms with Gasteiger partial charge in [0.2, 0.25) is 0 Å². The second-order valence-electron chi connectivity index (χ2n) is 4.41. The van der Waals surface area contributed by atoms with Gasteiger partial charge in [0.05, 0.1) is 13.3 Å². The minimum absolute atomic E-state index is 0.0697. The average molecular weight is 282 g/mol. The number of benzene rings is 2. The van der Waals surface area contributed by atoms with Gasteiger partial charge in [-0.25, -0.2) is 0 Å². The van der Waals surface area contributed by atoms with E-state index in [0.29, 0.717) is 17.2 Å². The monoisotopic (exact) mass is 282 g/mol. The van der Waals surface area contributed by atoms with Crippen molar-refractivity contribution in [1.82, 2.24) is 10.2 Å². The molecular formula is C16H14N2O3. The summed E-state index contributed by atoms with van der Waals surface area (Å²) in [7, 11) is 1.49. The molecule has 0 aliphatic rings. The molecule has 0 unspecified atom stereocenters. The van der Waals surface area contributed by atoms with Crippen LogP contribution in [0.2, 0.25) is 0 Å². The lowest BCUT2D eigenvalue weighted by atomic mass is 10.1. The van der Waals surface area contributed by atoms with E-state index in [1.54, 1.807) is 18.3 Å². The molecule has 0 fully saturated rings. The van der Waals surface area contributed by atoms with Crippen LogP contribution in [0.3, 0.4) is 0 Å². The van der Waals surface area contributed by atoms with E-state index >= 15 is 0 Å². The van der Waals surface area contributed by atoms with Crippen molar-refractivity contribution in [1.29, 1.82) is 0 Å². The number of methoxy groups -OCH3 is 1. The molecule has 2 aromatic carbocycles. The van der Waals surface area contributed by atoms with Gasteiger partial charge in [0.1, 0.15) is 11.4 Å². The first-order valence-electron chi connectivity index (χ1n) is 6.41. The van der Waals surface area contributed by atoms with Crippen LogP contribution in [-0.4, -0.2) is 22.4 Å². The number of phenols is 1. The summed E-state index contributed by atoms with van der Waals surface area (Å²) in [5.74, 6) is 1.59. The van der Waals surface area contributed by atoms with Crippen molar-refractivity contribution in [3.63, 3.8) is 0 Å². The molecule has 1 heterocycles. The average Bonchev–Trinajstić information content (AvgIpc) is 2.98. The maximum absolute atomic E-state index is 9.59. The molecule has 1 aromatic heterocycles. The van der Waals surface area contributed by atoms with Crippen LogP contribution in [0.1, 0.15) is 0 Å². The van der Waals surface area contributed by atoms with Gasteiger partial charge in [-0.1, -0.05) is 30.3 Å². The zero-order chi connectivity index (χ0) is 14.7. The van der Waals surface area contributed by atoms with Crippen molar-refractivity contribution < 1.29 is 14.6 Å². The SMILES string of the molecule is COc1cc(Oc2cn[nH]c2-c2ccccc2)ccc1O. The number of H-pyrrole nitrogens is 1. The minimum Gasteiger partial charge on any atom is -0.504 e. The van der Waals surface area contributed by atoms with E-state index in [2.05, 4.69) is 10.2 Å². The molecule has 3 aromatic rings. The molecule has 5 nitrogen and oxygen atoms in total. The quantitative estimate of drug-likeness (QED) is 0.767. The maximum atomic E-state index is 9.59. The predicted molar refractivity (Wildman–Crippen MR) is 78.8 cm³/mol. The highest BCUT2D eigenvalue weighted by atomic mass is 16.5. The van der Waals surface area contributed by atoms with Gasteiger partial charge in [0, 0.05) is 11.6 Å². The number of aromatic nitrogens is 2. The van der Waals surface area contributed by atoms with E-state index in [1.165, 1.54) is 13.2 Å². The van der Waals surface area contributed by atoms with Gasteiger partial charge in [-0.3, -0.25) is 5.10 Å². The second kappa shape index (κ2) is 5.58. The fourth-order valence-electron chi connectivity index (χ4n) is 2.01. The Kier molecular flexibility index (Phi) is 3.47. The highest BCUT2D eigenvalue weighted by Gasteiger charge is 2.11. The molecule has 0 spiro atoms. The number of rotatable bonds is 4. The topological polar surface area (TPSA) is 67.4 Å². The van der Waals surface area contributed by atoms with Crippen LogP contribution >= 0.6 is 0 Å². The van der Waals surface area contributed by atoms with Gasteiger partial charge >= 0.3 is 0 Å². The van der Waals surface area contributed by atoms with Crippen LogP contribution in [0.4, 0.5) is 0 Å². The number of nitrogens with one attached hydrogen (secondary N) is 1. The first kappa shape index (κ1) is 13.1. The Morgan fingerprint density at radius 3 is 2.62 bits per heavy atom. The van der Waals surface area contributed by atoms with Crippen LogP contribution in [0.15, 0.2) is 54.7 Å². The fraction of sp³-hybridized carbons (Fsp3) is 0.0625. The smallest absolute Gasteiger partial charge is 0.172 e. The van der Waals surface area contributed by atoms with Crippen molar-refractivity contribution in [2.45, 2.75) is 0 Å². The molecule has 3 rings (SSSR count). The number of aromatic hydroxyl groups is 1. The lowest BCUT2D eigenvalue weighted by molar-refractivity contribution is 0.369. The van der Waals surface area contributed by atoms with E-state index in [9.17, 15) is 5.11 Å². The number of ether oxygens (including phenoxy) is 2. The summed E-state index contributed by atoms with van der Waals surface area (Å²) >= 11 is 0. The van der Waals surface area contributed by atoms with Crippen molar-refractivity contribution in [2.24, 2.45) is 0 Å². The summed E-state index contributed by atoms with van der Waals surface area (Å²) in [6.45, 7) is 0. The van der Waals surface area contributed by atoms with Crippen molar-refractivity contribution in [3.8, 4) is 34.3 Å². The Balaban J connectivity index is 1.91. The van der Waals surface area contributed by atoms with Crippen LogP contribution in [0, 0.1) is 0 Å². The lowest BCUT2D eigenvalue weighted by Crippen LogP contribution is -1.88. The highest BCUT2D eigenvalue weighted by molar-refractivity contribution is 5.66. The number of phenolic OH excluding ortho intramolecular Hbond substituents is 1. The molecule has 0 radical (unpaired) electrons. The van der Waals surface area contributed by atoms with Crippen LogP contribution in [0.5, 0.6) is 23.0 Å². The van der Waals surface area contributed by atoms with Gasteiger partial charge in [-0.05, 0) is 12.1 Å². The van der Waals surface area contributed by atoms with E-state index in [-0.39, 0.29) is 5.75 Å². The summed E-state index contributed by atoms with van der Waals surface area (Å²) in [5.41, 5.74) is 1.78. The Labute approximate surface area is 121 Å². The molecular weight excluding hydrogens is 268 g/mol. The summed E-state index contributed by atoms with van der Waals surface area (Å²) in [6, 6.07) is 14.6. The Hall–Kier alpha value is -2.95. The lowest BCUT2D eigenvalue weighted by Gasteiger charge is -2.08. The predicted octanol–water partition coefficient (Wildman–Crippen LogP) is 3.58. The number of hydrogen-bond donors (Lipinski definition) is 2. The number of nitrogens with zero attached hydrogens (tertiary/aromatic N) is 1. The van der Waals surface area contributed by atoms with Crippen molar-refractivity contribution >= 4 is 0 Å². The molecule has 106 valence electrons. The van der Waals surface area contributed by atoms with Gasteiger partial charge < -0.3 is 14.6 Å². The Bertz CT molecular complexity index is 738. The largest absolute Gasteiger partial charge is 0.504 e. The molecule has 0 atom stereocenters. The Morgan fingerprint density at radius 2 is 1.86 bits per heavy atom. The number of hydrogen-bond acceptors (Lipinski definition) is 4. The second-order valence-corrected chi connectivity index (χ2v) is 4.41. The van der Waals surface area contributed by atoms with Gasteiger partial charge in [0.15, 0.2) is 17.2 Å². The van der Waals surface area contributed by atoms with Crippen molar-refractivity contribution in [2.75, 3.05) is 7.11 Å². The molecule has 2 N–H and O–H groups in total. The first-order valence-corrected chi connectivity index (χ1v) is 6.41. The summed E-state index contributed by atoms with van der Waals surface area (Å²) in [5, 5.41) is 16.5. The first-order chi connectivity index (χ1) is 10.3.